The zero-order valence-corrected chi connectivity index (χ0v) is 12.3. The van der Waals surface area contributed by atoms with Gasteiger partial charge in [0.15, 0.2) is 0 Å². The van der Waals surface area contributed by atoms with Crippen LogP contribution in [0.1, 0.15) is 15.9 Å². The van der Waals surface area contributed by atoms with Crippen molar-refractivity contribution in [2.24, 2.45) is 5.73 Å². The van der Waals surface area contributed by atoms with Crippen LogP contribution in [0.4, 0.5) is 16.2 Å². The molecular weight excluding hydrogens is 286 g/mol. The summed E-state index contributed by atoms with van der Waals surface area (Å²) in [7, 11) is 0. The van der Waals surface area contributed by atoms with Gasteiger partial charge in [0.25, 0.3) is 0 Å². The Morgan fingerprint density at radius 2 is 1.81 bits per heavy atom. The van der Waals surface area contributed by atoms with E-state index in [-0.39, 0.29) is 0 Å². The summed E-state index contributed by atoms with van der Waals surface area (Å²) in [4.78, 5) is 23.1. The van der Waals surface area contributed by atoms with Crippen LogP contribution in [-0.4, -0.2) is 11.9 Å². The molecule has 6 heteroatoms. The Labute approximate surface area is 128 Å². The topological polar surface area (TPSA) is 75.4 Å². The number of hydrogen-bond donors (Lipinski definition) is 3. The first kappa shape index (κ1) is 14.9. The Morgan fingerprint density at radius 1 is 1.14 bits per heavy atom. The molecule has 2 aromatic rings. The number of urea groups is 1. The van der Waals surface area contributed by atoms with Gasteiger partial charge in [-0.05, 0) is 48.9 Å². The Balaban J connectivity index is 2.10. The quantitative estimate of drug-likeness (QED) is 0.762. The lowest BCUT2D eigenvalue weighted by Gasteiger charge is -2.17. The van der Waals surface area contributed by atoms with E-state index in [1.54, 1.807) is 30.3 Å². The molecule has 0 spiro atoms. The average molecular weight is 301 g/mol. The van der Waals surface area contributed by atoms with Gasteiger partial charge in [0, 0.05) is 11.3 Å². The van der Waals surface area contributed by atoms with Gasteiger partial charge >= 0.3 is 6.03 Å². The number of amides is 3. The Morgan fingerprint density at radius 3 is 2.38 bits per heavy atom. The van der Waals surface area contributed by atoms with Gasteiger partial charge in [0.1, 0.15) is 0 Å². The summed E-state index contributed by atoms with van der Waals surface area (Å²) in [5.74, 6) is -0.517. The fourth-order valence-electron chi connectivity index (χ4n) is 1.78. The van der Waals surface area contributed by atoms with Gasteiger partial charge in [-0.1, -0.05) is 24.9 Å². The summed E-state index contributed by atoms with van der Waals surface area (Å²) in [5, 5.41) is 2.74. The van der Waals surface area contributed by atoms with Gasteiger partial charge in [0.05, 0.1) is 5.69 Å². The Kier molecular flexibility index (Phi) is 4.49. The predicted octanol–water partition coefficient (Wildman–Crippen LogP) is 2.98. The molecule has 2 rings (SSSR count). The number of rotatable bonds is 3. The maximum Gasteiger partial charge on any atom is 0.336 e. The maximum atomic E-state index is 12.1. The minimum atomic E-state index is -0.517. The molecule has 0 unspecified atom stereocenters. The van der Waals surface area contributed by atoms with Crippen LogP contribution in [0.2, 0.25) is 0 Å². The fraction of sp³-hybridized carbons (Fsp3) is 0.0667. The number of nitrogens with two attached hydrogens (primary N) is 1. The summed E-state index contributed by atoms with van der Waals surface area (Å²) in [6, 6.07) is 13.3. The van der Waals surface area contributed by atoms with Crippen LogP contribution in [0.15, 0.2) is 48.5 Å². The van der Waals surface area contributed by atoms with Crippen molar-refractivity contribution in [3.63, 3.8) is 0 Å². The zero-order valence-electron chi connectivity index (χ0n) is 11.4. The molecule has 0 heterocycles. The molecule has 2 aromatic carbocycles. The molecule has 0 aliphatic carbocycles. The third-order valence-electron chi connectivity index (χ3n) is 2.86. The molecule has 0 aromatic heterocycles. The molecule has 0 bridgehead atoms. The third kappa shape index (κ3) is 3.76. The van der Waals surface area contributed by atoms with Crippen molar-refractivity contribution >= 4 is 36.1 Å². The lowest BCUT2D eigenvalue weighted by molar-refractivity contribution is 0.100. The number of aryl methyl sites for hydroxylation is 1. The lowest BCUT2D eigenvalue weighted by Crippen LogP contribution is -2.26. The maximum absolute atomic E-state index is 12.1. The minimum absolute atomic E-state index is 0.375. The molecule has 0 saturated heterocycles. The van der Waals surface area contributed by atoms with E-state index in [0.717, 1.165) is 9.87 Å². The highest BCUT2D eigenvalue weighted by Gasteiger charge is 2.12. The van der Waals surface area contributed by atoms with Crippen molar-refractivity contribution in [1.29, 1.82) is 0 Å². The molecule has 0 atom stereocenters. The highest BCUT2D eigenvalue weighted by atomic mass is 32.1. The molecule has 0 saturated carbocycles. The van der Waals surface area contributed by atoms with Crippen molar-refractivity contribution in [3.8, 4) is 0 Å². The first-order valence-electron chi connectivity index (χ1n) is 6.24. The van der Waals surface area contributed by atoms with Crippen molar-refractivity contribution < 1.29 is 9.59 Å². The summed E-state index contributed by atoms with van der Waals surface area (Å²) < 4.78 is 1.16. The molecule has 108 valence electrons. The smallest absolute Gasteiger partial charge is 0.336 e. The largest absolute Gasteiger partial charge is 0.366 e. The monoisotopic (exact) mass is 301 g/mol. The second-order valence-corrected chi connectivity index (χ2v) is 4.92. The predicted molar refractivity (Wildman–Crippen MR) is 86.6 cm³/mol. The van der Waals surface area contributed by atoms with Gasteiger partial charge < -0.3 is 11.1 Å². The normalized spacial score (nSPS) is 10.0. The molecule has 3 N–H and O–H groups in total. The molecule has 0 aliphatic rings. The summed E-state index contributed by atoms with van der Waals surface area (Å²) in [6.07, 6.45) is 0. The molecule has 3 amide bonds. The number of thiol groups is 1. The van der Waals surface area contributed by atoms with Crippen LogP contribution in [0.3, 0.4) is 0 Å². The number of carbonyl (C=O) groups excluding carboxylic acids is 2. The van der Waals surface area contributed by atoms with Crippen LogP contribution in [0, 0.1) is 6.92 Å². The third-order valence-corrected chi connectivity index (χ3v) is 3.27. The van der Waals surface area contributed by atoms with Gasteiger partial charge in [-0.2, -0.15) is 0 Å². The molecule has 21 heavy (non-hydrogen) atoms. The summed E-state index contributed by atoms with van der Waals surface area (Å²) in [6.45, 7) is 1.94. The van der Waals surface area contributed by atoms with Crippen LogP contribution in [0.5, 0.6) is 0 Å². The molecular formula is C15H15N3O2S. The van der Waals surface area contributed by atoms with E-state index in [1.807, 2.05) is 25.1 Å². The number of nitrogens with zero attached hydrogens (tertiary/aromatic N) is 1. The number of anilines is 2. The number of primary amides is 1. The second kappa shape index (κ2) is 6.32. The Hall–Kier alpha value is -2.47. The number of nitrogens with one attached hydrogen (secondary N) is 1. The van der Waals surface area contributed by atoms with E-state index in [0.29, 0.717) is 16.9 Å². The SMILES string of the molecule is Cc1cccc(NC(=O)N(S)c2ccc(C(N)=O)cc2)c1. The Bertz CT molecular complexity index is 671. The molecule has 0 radical (unpaired) electrons. The fourth-order valence-corrected chi connectivity index (χ4v) is 1.97. The van der Waals surface area contributed by atoms with E-state index in [1.165, 1.54) is 0 Å². The van der Waals surface area contributed by atoms with Crippen molar-refractivity contribution in [2.45, 2.75) is 6.92 Å². The highest BCUT2D eigenvalue weighted by molar-refractivity contribution is 7.82. The first-order chi connectivity index (χ1) is 9.97. The van der Waals surface area contributed by atoms with Crippen molar-refractivity contribution in [2.75, 3.05) is 9.62 Å². The van der Waals surface area contributed by atoms with Gasteiger partial charge in [-0.15, -0.1) is 0 Å². The minimum Gasteiger partial charge on any atom is -0.366 e. The van der Waals surface area contributed by atoms with Crippen molar-refractivity contribution in [1.82, 2.24) is 0 Å². The van der Waals surface area contributed by atoms with Gasteiger partial charge in [-0.25, -0.2) is 9.10 Å². The van der Waals surface area contributed by atoms with E-state index < -0.39 is 11.9 Å². The summed E-state index contributed by atoms with van der Waals surface area (Å²) in [5.41, 5.74) is 7.81. The highest BCUT2D eigenvalue weighted by Crippen LogP contribution is 2.19. The standard InChI is InChI=1S/C15H15N3O2S/c1-10-3-2-4-12(9-10)17-15(20)18(21)13-7-5-11(6-8-13)14(16)19/h2-9,21H,1H3,(H2,16,19)(H,17,20). The lowest BCUT2D eigenvalue weighted by atomic mass is 10.2. The zero-order chi connectivity index (χ0) is 15.4. The van der Waals surface area contributed by atoms with Gasteiger partial charge in [-0.3, -0.25) is 4.79 Å². The van der Waals surface area contributed by atoms with E-state index >= 15 is 0 Å². The van der Waals surface area contributed by atoms with Crippen LogP contribution in [-0.2, 0) is 0 Å². The molecule has 0 fully saturated rings. The van der Waals surface area contributed by atoms with E-state index in [2.05, 4.69) is 18.1 Å². The average Bonchev–Trinajstić information content (AvgIpc) is 2.46. The molecule has 5 nitrogen and oxygen atoms in total. The second-order valence-electron chi connectivity index (χ2n) is 4.52. The van der Waals surface area contributed by atoms with E-state index in [4.69, 9.17) is 5.73 Å². The van der Waals surface area contributed by atoms with Crippen molar-refractivity contribution in [3.05, 3.63) is 59.7 Å². The van der Waals surface area contributed by atoms with Crippen LogP contribution < -0.4 is 15.4 Å². The number of carbonyl (C=O) groups is 2. The van der Waals surface area contributed by atoms with Crippen LogP contribution >= 0.6 is 12.8 Å². The summed E-state index contributed by atoms with van der Waals surface area (Å²) >= 11 is 4.16. The van der Waals surface area contributed by atoms with Gasteiger partial charge in [0.2, 0.25) is 5.91 Å². The van der Waals surface area contributed by atoms with E-state index in [9.17, 15) is 9.59 Å². The number of benzene rings is 2. The first-order valence-corrected chi connectivity index (χ1v) is 6.64. The number of hydrogen-bond acceptors (Lipinski definition) is 3. The van der Waals surface area contributed by atoms with Crippen LogP contribution in [0.25, 0.3) is 0 Å². The molecule has 0 aliphatic heterocycles.